The highest BCUT2D eigenvalue weighted by atomic mass is 79.9. The molecule has 0 aliphatic heterocycles. The third kappa shape index (κ3) is 3.22. The van der Waals surface area contributed by atoms with Crippen molar-refractivity contribution in [3.05, 3.63) is 77.9 Å². The van der Waals surface area contributed by atoms with Gasteiger partial charge in [-0.3, -0.25) is 4.57 Å². The van der Waals surface area contributed by atoms with E-state index < -0.39 is 0 Å². The maximum Gasteiger partial charge on any atom is 0.148 e. The number of aryl methyl sites for hydroxylation is 2. The van der Waals surface area contributed by atoms with E-state index in [4.69, 9.17) is 0 Å². The molecule has 21 heavy (non-hydrogen) atoms. The van der Waals surface area contributed by atoms with E-state index in [0.29, 0.717) is 5.33 Å². The van der Waals surface area contributed by atoms with Gasteiger partial charge in [-0.2, -0.15) is 0 Å². The zero-order valence-electron chi connectivity index (χ0n) is 11.6. The Hall–Kier alpha value is -1.94. The van der Waals surface area contributed by atoms with Crippen LogP contribution >= 0.6 is 15.9 Å². The Morgan fingerprint density at radius 2 is 1.38 bits per heavy atom. The molecule has 0 bridgehead atoms. The summed E-state index contributed by atoms with van der Waals surface area (Å²) >= 11 is 3.49. The Kier molecular flexibility index (Phi) is 4.46. The van der Waals surface area contributed by atoms with Gasteiger partial charge in [0.25, 0.3) is 0 Å². The number of hydrogen-bond acceptors (Lipinski definition) is 2. The fourth-order valence-electron chi connectivity index (χ4n) is 2.38. The topological polar surface area (TPSA) is 30.7 Å². The zero-order chi connectivity index (χ0) is 14.5. The fourth-order valence-corrected chi connectivity index (χ4v) is 2.74. The van der Waals surface area contributed by atoms with E-state index in [1.807, 2.05) is 24.3 Å². The number of rotatable bonds is 5. The molecule has 3 aromatic rings. The molecular weight excluding hydrogens is 326 g/mol. The highest BCUT2D eigenvalue weighted by Gasteiger charge is 2.12. The van der Waals surface area contributed by atoms with Crippen LogP contribution in [0.15, 0.2) is 60.7 Å². The third-order valence-electron chi connectivity index (χ3n) is 3.41. The summed E-state index contributed by atoms with van der Waals surface area (Å²) in [4.78, 5) is 0. The molecule has 4 heteroatoms. The van der Waals surface area contributed by atoms with Crippen molar-refractivity contribution in [2.24, 2.45) is 0 Å². The first-order chi connectivity index (χ1) is 10.4. The van der Waals surface area contributed by atoms with Crippen LogP contribution in [0, 0.1) is 0 Å². The lowest BCUT2D eigenvalue weighted by molar-refractivity contribution is 0.815. The van der Waals surface area contributed by atoms with Crippen molar-refractivity contribution in [3.8, 4) is 5.69 Å². The standard InChI is InChI=1S/C17H16BrN3/c18-13-17-20-19-16(12-11-14-7-3-1-4-8-14)21(17)15-9-5-2-6-10-15/h1-10H,11-13H2. The molecule has 1 aromatic heterocycles. The molecule has 0 saturated heterocycles. The first-order valence-electron chi connectivity index (χ1n) is 6.97. The van der Waals surface area contributed by atoms with Crippen molar-refractivity contribution < 1.29 is 0 Å². The Balaban J connectivity index is 1.87. The van der Waals surface area contributed by atoms with E-state index in [9.17, 15) is 0 Å². The number of alkyl halides is 1. The second-order valence-corrected chi connectivity index (χ2v) is 5.38. The van der Waals surface area contributed by atoms with E-state index in [1.54, 1.807) is 0 Å². The van der Waals surface area contributed by atoms with Crippen LogP contribution in [-0.2, 0) is 18.2 Å². The molecule has 0 spiro atoms. The SMILES string of the molecule is BrCc1nnc(CCc2ccccc2)n1-c1ccccc1. The third-order valence-corrected chi connectivity index (χ3v) is 3.91. The summed E-state index contributed by atoms with van der Waals surface area (Å²) in [5, 5.41) is 9.35. The first kappa shape index (κ1) is 14.0. The number of nitrogens with zero attached hydrogens (tertiary/aromatic N) is 3. The van der Waals surface area contributed by atoms with Crippen molar-refractivity contribution in [3.63, 3.8) is 0 Å². The molecule has 0 amide bonds. The lowest BCUT2D eigenvalue weighted by Gasteiger charge is -2.09. The van der Waals surface area contributed by atoms with Crippen molar-refractivity contribution in [2.75, 3.05) is 0 Å². The lowest BCUT2D eigenvalue weighted by atomic mass is 10.1. The molecule has 0 radical (unpaired) electrons. The predicted molar refractivity (Wildman–Crippen MR) is 87.8 cm³/mol. The van der Waals surface area contributed by atoms with Gasteiger partial charge in [-0.25, -0.2) is 0 Å². The Bertz CT molecular complexity index is 693. The summed E-state index contributed by atoms with van der Waals surface area (Å²) in [7, 11) is 0. The summed E-state index contributed by atoms with van der Waals surface area (Å²) in [6, 6.07) is 20.7. The van der Waals surface area contributed by atoms with E-state index in [0.717, 1.165) is 30.2 Å². The van der Waals surface area contributed by atoms with Crippen molar-refractivity contribution >= 4 is 15.9 Å². The maximum atomic E-state index is 4.36. The largest absolute Gasteiger partial charge is 0.282 e. The van der Waals surface area contributed by atoms with Crippen molar-refractivity contribution in [1.82, 2.24) is 14.8 Å². The van der Waals surface area contributed by atoms with Gasteiger partial charge < -0.3 is 0 Å². The minimum Gasteiger partial charge on any atom is -0.282 e. The minimum atomic E-state index is 0.695. The van der Waals surface area contributed by atoms with Gasteiger partial charge in [0.1, 0.15) is 11.6 Å². The molecule has 0 N–H and O–H groups in total. The van der Waals surface area contributed by atoms with Gasteiger partial charge >= 0.3 is 0 Å². The molecule has 0 saturated carbocycles. The average molecular weight is 342 g/mol. The average Bonchev–Trinajstić information content (AvgIpc) is 2.97. The monoisotopic (exact) mass is 341 g/mol. The summed E-state index contributed by atoms with van der Waals surface area (Å²) in [6.45, 7) is 0. The Labute approximate surface area is 132 Å². The van der Waals surface area contributed by atoms with Gasteiger partial charge in [-0.05, 0) is 24.1 Å². The van der Waals surface area contributed by atoms with Crippen LogP contribution in [0.3, 0.4) is 0 Å². The highest BCUT2D eigenvalue weighted by Crippen LogP contribution is 2.16. The van der Waals surface area contributed by atoms with Crippen LogP contribution in [0.5, 0.6) is 0 Å². The highest BCUT2D eigenvalue weighted by molar-refractivity contribution is 9.08. The van der Waals surface area contributed by atoms with Crippen LogP contribution in [0.2, 0.25) is 0 Å². The van der Waals surface area contributed by atoms with Gasteiger partial charge in [-0.15, -0.1) is 10.2 Å². The smallest absolute Gasteiger partial charge is 0.148 e. The Morgan fingerprint density at radius 1 is 0.762 bits per heavy atom. The number of aromatic nitrogens is 3. The van der Waals surface area contributed by atoms with Crippen LogP contribution in [0.4, 0.5) is 0 Å². The van der Waals surface area contributed by atoms with E-state index in [1.165, 1.54) is 5.56 Å². The molecule has 0 unspecified atom stereocenters. The van der Waals surface area contributed by atoms with E-state index in [-0.39, 0.29) is 0 Å². The van der Waals surface area contributed by atoms with Crippen LogP contribution in [-0.4, -0.2) is 14.8 Å². The lowest BCUT2D eigenvalue weighted by Crippen LogP contribution is -2.05. The molecule has 106 valence electrons. The zero-order valence-corrected chi connectivity index (χ0v) is 13.2. The summed E-state index contributed by atoms with van der Waals surface area (Å²) in [6.07, 6.45) is 1.84. The van der Waals surface area contributed by atoms with Crippen LogP contribution in [0.1, 0.15) is 17.2 Å². The van der Waals surface area contributed by atoms with Crippen molar-refractivity contribution in [1.29, 1.82) is 0 Å². The molecular formula is C17H16BrN3. The molecule has 0 atom stereocenters. The number of benzene rings is 2. The molecule has 0 fully saturated rings. The Morgan fingerprint density at radius 3 is 2.05 bits per heavy atom. The van der Waals surface area contributed by atoms with Crippen LogP contribution in [0.25, 0.3) is 5.69 Å². The second kappa shape index (κ2) is 6.68. The number of para-hydroxylation sites is 1. The molecule has 3 rings (SSSR count). The normalized spacial score (nSPS) is 10.7. The minimum absolute atomic E-state index is 0.695. The summed E-state index contributed by atoms with van der Waals surface area (Å²) in [5.74, 6) is 1.93. The van der Waals surface area contributed by atoms with Gasteiger partial charge in [-0.1, -0.05) is 64.5 Å². The van der Waals surface area contributed by atoms with Gasteiger partial charge in [0.05, 0.1) is 5.33 Å². The van der Waals surface area contributed by atoms with Crippen LogP contribution < -0.4 is 0 Å². The molecule has 3 nitrogen and oxygen atoms in total. The quantitative estimate of drug-likeness (QED) is 0.658. The molecule has 0 aliphatic carbocycles. The summed E-state index contributed by atoms with van der Waals surface area (Å²) < 4.78 is 2.14. The predicted octanol–water partition coefficient (Wildman–Crippen LogP) is 3.95. The molecule has 2 aromatic carbocycles. The second-order valence-electron chi connectivity index (χ2n) is 4.82. The number of hydrogen-bond donors (Lipinski definition) is 0. The van der Waals surface area contributed by atoms with Gasteiger partial charge in [0, 0.05) is 12.1 Å². The number of halogens is 1. The van der Waals surface area contributed by atoms with Crippen molar-refractivity contribution in [2.45, 2.75) is 18.2 Å². The maximum absolute atomic E-state index is 4.36. The summed E-state index contributed by atoms with van der Waals surface area (Å²) in [5.41, 5.74) is 2.43. The van der Waals surface area contributed by atoms with Gasteiger partial charge in [0.15, 0.2) is 0 Å². The van der Waals surface area contributed by atoms with E-state index >= 15 is 0 Å². The molecule has 1 heterocycles. The first-order valence-corrected chi connectivity index (χ1v) is 8.09. The fraction of sp³-hybridized carbons (Fsp3) is 0.176. The van der Waals surface area contributed by atoms with E-state index in [2.05, 4.69) is 67.1 Å². The van der Waals surface area contributed by atoms with Gasteiger partial charge in [0.2, 0.25) is 0 Å². The molecule has 0 aliphatic rings.